The van der Waals surface area contributed by atoms with Crippen molar-refractivity contribution >= 4 is 11.9 Å². The Morgan fingerprint density at radius 1 is 1.00 bits per heavy atom. The van der Waals surface area contributed by atoms with Gasteiger partial charge in [-0.2, -0.15) is 13.2 Å². The normalized spacial score (nSPS) is 11.0. The summed E-state index contributed by atoms with van der Waals surface area (Å²) in [5, 5.41) is 8.63. The predicted octanol–water partition coefficient (Wildman–Crippen LogP) is 2.41. The van der Waals surface area contributed by atoms with Gasteiger partial charge in [-0.3, -0.25) is 0 Å². The molecular weight excluding hydrogens is 305 g/mol. The number of nitrogens with zero attached hydrogens (tertiary/aromatic N) is 2. The quantitative estimate of drug-likeness (QED) is 0.691. The molecule has 0 saturated carbocycles. The zero-order valence-corrected chi connectivity index (χ0v) is 10.7. The van der Waals surface area contributed by atoms with E-state index in [2.05, 4.69) is 9.97 Å². The molecule has 0 radical (unpaired) electrons. The van der Waals surface area contributed by atoms with E-state index in [4.69, 9.17) is 9.84 Å². The maximum atomic E-state index is 12.4. The first-order valence-electron chi connectivity index (χ1n) is 5.72. The largest absolute Gasteiger partial charge is 0.476 e. The van der Waals surface area contributed by atoms with Gasteiger partial charge in [-0.15, -0.1) is 0 Å². The zero-order chi connectivity index (χ0) is 16.3. The number of benzene rings is 1. The van der Waals surface area contributed by atoms with Crippen molar-refractivity contribution in [1.82, 2.24) is 9.97 Å². The van der Waals surface area contributed by atoms with Gasteiger partial charge in [0.15, 0.2) is 11.4 Å². The van der Waals surface area contributed by atoms with E-state index >= 15 is 0 Å². The van der Waals surface area contributed by atoms with Gasteiger partial charge in [-0.1, -0.05) is 0 Å². The van der Waals surface area contributed by atoms with Crippen LogP contribution in [-0.4, -0.2) is 27.0 Å². The van der Waals surface area contributed by atoms with E-state index in [-0.39, 0.29) is 17.1 Å². The van der Waals surface area contributed by atoms with Gasteiger partial charge >= 0.3 is 18.1 Å². The lowest BCUT2D eigenvalue weighted by Gasteiger charge is -2.07. The summed E-state index contributed by atoms with van der Waals surface area (Å²) in [4.78, 5) is 29.3. The van der Waals surface area contributed by atoms with Gasteiger partial charge < -0.3 is 9.84 Å². The van der Waals surface area contributed by atoms with Crippen LogP contribution < -0.4 is 4.74 Å². The smallest absolute Gasteiger partial charge is 0.416 e. The second-order valence-corrected chi connectivity index (χ2v) is 4.00. The number of carbonyl (C=O) groups is 2. The summed E-state index contributed by atoms with van der Waals surface area (Å²) in [5.41, 5.74) is -1.51. The van der Waals surface area contributed by atoms with Crippen molar-refractivity contribution in [1.29, 1.82) is 0 Å². The van der Waals surface area contributed by atoms with Gasteiger partial charge in [0.25, 0.3) is 0 Å². The first kappa shape index (κ1) is 15.4. The molecule has 2 rings (SSSR count). The third-order valence-corrected chi connectivity index (χ3v) is 2.47. The van der Waals surface area contributed by atoms with Crippen LogP contribution in [0.3, 0.4) is 0 Å². The second kappa shape index (κ2) is 5.80. The fourth-order valence-electron chi connectivity index (χ4n) is 1.42. The van der Waals surface area contributed by atoms with E-state index in [0.29, 0.717) is 0 Å². The number of alkyl halides is 3. The Bertz CT molecular complexity index is 697. The molecule has 0 aliphatic rings. The molecule has 2 aromatic rings. The fourth-order valence-corrected chi connectivity index (χ4v) is 1.42. The zero-order valence-electron chi connectivity index (χ0n) is 10.7. The van der Waals surface area contributed by atoms with Crippen LogP contribution in [0.2, 0.25) is 0 Å². The Morgan fingerprint density at radius 3 is 2.00 bits per heavy atom. The molecule has 1 aromatic carbocycles. The van der Waals surface area contributed by atoms with Gasteiger partial charge in [-0.05, 0) is 24.3 Å². The van der Waals surface area contributed by atoms with E-state index in [1.165, 1.54) is 0 Å². The minimum atomic E-state index is -4.49. The van der Waals surface area contributed by atoms with Crippen LogP contribution in [0.1, 0.15) is 26.5 Å². The van der Waals surface area contributed by atoms with Crippen molar-refractivity contribution in [3.05, 3.63) is 53.6 Å². The van der Waals surface area contributed by atoms with Gasteiger partial charge in [0, 0.05) is 0 Å². The van der Waals surface area contributed by atoms with Crippen molar-refractivity contribution in [2.24, 2.45) is 0 Å². The highest BCUT2D eigenvalue weighted by Gasteiger charge is 2.30. The summed E-state index contributed by atoms with van der Waals surface area (Å²) in [5.74, 6) is -2.39. The van der Waals surface area contributed by atoms with Crippen molar-refractivity contribution in [2.45, 2.75) is 6.18 Å². The van der Waals surface area contributed by atoms with Gasteiger partial charge in [0.1, 0.15) is 5.75 Å². The van der Waals surface area contributed by atoms with E-state index in [0.717, 1.165) is 36.7 Å². The Hall–Kier alpha value is -2.97. The highest BCUT2D eigenvalue weighted by molar-refractivity contribution is 5.90. The number of esters is 1. The molecule has 0 unspecified atom stereocenters. The minimum Gasteiger partial charge on any atom is -0.476 e. The van der Waals surface area contributed by atoms with Crippen molar-refractivity contribution in [3.8, 4) is 5.75 Å². The van der Waals surface area contributed by atoms with E-state index < -0.39 is 23.7 Å². The van der Waals surface area contributed by atoms with Crippen LogP contribution in [-0.2, 0) is 6.18 Å². The SMILES string of the molecule is O=C(O)c1cnc(C(=O)Oc2ccc(C(F)(F)F)cc2)cn1. The molecule has 6 nitrogen and oxygen atoms in total. The van der Waals surface area contributed by atoms with E-state index in [1.807, 2.05) is 0 Å². The van der Waals surface area contributed by atoms with Crippen LogP contribution in [0.5, 0.6) is 5.75 Å². The molecule has 9 heteroatoms. The molecule has 1 aromatic heterocycles. The maximum Gasteiger partial charge on any atom is 0.416 e. The third-order valence-electron chi connectivity index (χ3n) is 2.47. The summed E-state index contributed by atoms with van der Waals surface area (Å²) in [6.07, 6.45) is -2.72. The molecular formula is C13H7F3N2O4. The molecule has 114 valence electrons. The number of aromatic carboxylic acids is 1. The predicted molar refractivity (Wildman–Crippen MR) is 65.4 cm³/mol. The lowest BCUT2D eigenvalue weighted by molar-refractivity contribution is -0.137. The minimum absolute atomic E-state index is 0.109. The molecule has 0 atom stereocenters. The Morgan fingerprint density at radius 2 is 1.55 bits per heavy atom. The molecule has 0 aliphatic carbocycles. The molecule has 0 bridgehead atoms. The lowest BCUT2D eigenvalue weighted by Crippen LogP contribution is -2.13. The van der Waals surface area contributed by atoms with Crippen LogP contribution >= 0.6 is 0 Å². The number of rotatable bonds is 3. The molecule has 0 amide bonds. The monoisotopic (exact) mass is 312 g/mol. The summed E-state index contributed by atoms with van der Waals surface area (Å²) in [6.45, 7) is 0. The molecule has 22 heavy (non-hydrogen) atoms. The number of halogens is 3. The number of hydrogen-bond donors (Lipinski definition) is 1. The average molecular weight is 312 g/mol. The van der Waals surface area contributed by atoms with Crippen LogP contribution in [0.15, 0.2) is 36.7 Å². The number of carboxylic acids is 1. The highest BCUT2D eigenvalue weighted by Crippen LogP contribution is 2.30. The van der Waals surface area contributed by atoms with Gasteiger partial charge in [-0.25, -0.2) is 19.6 Å². The van der Waals surface area contributed by atoms with Crippen LogP contribution in [0.25, 0.3) is 0 Å². The van der Waals surface area contributed by atoms with E-state index in [1.54, 1.807) is 0 Å². The summed E-state index contributed by atoms with van der Waals surface area (Å²) >= 11 is 0. The second-order valence-electron chi connectivity index (χ2n) is 4.00. The maximum absolute atomic E-state index is 12.4. The summed E-state index contributed by atoms with van der Waals surface area (Å²) < 4.78 is 41.9. The first-order chi connectivity index (χ1) is 10.3. The Balaban J connectivity index is 2.10. The molecule has 1 heterocycles. The Labute approximate surface area is 121 Å². The van der Waals surface area contributed by atoms with Crippen LogP contribution in [0, 0.1) is 0 Å². The number of aromatic nitrogens is 2. The number of carboxylic acid groups (broad SMARTS) is 1. The third kappa shape index (κ3) is 3.57. The van der Waals surface area contributed by atoms with Crippen molar-refractivity contribution in [3.63, 3.8) is 0 Å². The molecule has 0 spiro atoms. The number of ether oxygens (including phenoxy) is 1. The summed E-state index contributed by atoms with van der Waals surface area (Å²) in [6, 6.07) is 3.50. The standard InChI is InChI=1S/C13H7F3N2O4/c14-13(15,16)7-1-3-8(4-2-7)22-12(21)10-6-17-9(5-18-10)11(19)20/h1-6H,(H,19,20). The highest BCUT2D eigenvalue weighted by atomic mass is 19.4. The Kier molecular flexibility index (Phi) is 4.06. The number of carbonyl (C=O) groups excluding carboxylic acids is 1. The topological polar surface area (TPSA) is 89.4 Å². The van der Waals surface area contributed by atoms with Gasteiger partial charge in [0.05, 0.1) is 18.0 Å². The first-order valence-corrected chi connectivity index (χ1v) is 5.72. The van der Waals surface area contributed by atoms with Gasteiger partial charge in [0.2, 0.25) is 0 Å². The average Bonchev–Trinajstić information content (AvgIpc) is 2.47. The molecule has 0 aliphatic heterocycles. The summed E-state index contributed by atoms with van der Waals surface area (Å²) in [7, 11) is 0. The van der Waals surface area contributed by atoms with Crippen LogP contribution in [0.4, 0.5) is 13.2 Å². The van der Waals surface area contributed by atoms with E-state index in [9.17, 15) is 22.8 Å². The fraction of sp³-hybridized carbons (Fsp3) is 0.0769. The number of hydrogen-bond acceptors (Lipinski definition) is 5. The molecule has 1 N–H and O–H groups in total. The van der Waals surface area contributed by atoms with Crippen molar-refractivity contribution in [2.75, 3.05) is 0 Å². The molecule has 0 saturated heterocycles. The van der Waals surface area contributed by atoms with Crippen molar-refractivity contribution < 1.29 is 32.6 Å². The molecule has 0 fully saturated rings. The lowest BCUT2D eigenvalue weighted by atomic mass is 10.2.